The number of halogens is 1. The second-order valence-corrected chi connectivity index (χ2v) is 18.6. The summed E-state index contributed by atoms with van der Waals surface area (Å²) in [6.07, 6.45) is 6.18. The van der Waals surface area contributed by atoms with Crippen molar-refractivity contribution in [3.8, 4) is 17.2 Å². The van der Waals surface area contributed by atoms with E-state index in [1.54, 1.807) is 42.5 Å². The molecule has 1 unspecified atom stereocenters. The summed E-state index contributed by atoms with van der Waals surface area (Å²) in [7, 11) is 1.68. The van der Waals surface area contributed by atoms with Crippen LogP contribution in [0, 0.1) is 17.2 Å². The average Bonchev–Trinajstić information content (AvgIpc) is 4.11. The van der Waals surface area contributed by atoms with Gasteiger partial charge in [0.25, 0.3) is 5.91 Å². The molecule has 4 aromatic carbocycles. The fourth-order valence-corrected chi connectivity index (χ4v) is 10.2. The number of benzene rings is 4. The number of imide groups is 1. The quantitative estimate of drug-likeness (QED) is 0.0838. The predicted octanol–water partition coefficient (Wildman–Crippen LogP) is 6.37. The van der Waals surface area contributed by atoms with Crippen LogP contribution in [0.5, 0.6) is 17.2 Å². The van der Waals surface area contributed by atoms with Gasteiger partial charge in [0.15, 0.2) is 0 Å². The molecule has 1 aliphatic carbocycles. The number of carbonyl (C=O) groups is 5. The summed E-state index contributed by atoms with van der Waals surface area (Å²) in [5.74, 6) is 0.518. The van der Waals surface area contributed by atoms with E-state index in [4.69, 9.17) is 14.5 Å². The molecule has 0 bridgehead atoms. The summed E-state index contributed by atoms with van der Waals surface area (Å²) < 4.78 is 25.6. The fraction of sp³-hybridized carbons (Fsp3) is 0.385. The Hall–Kier alpha value is -6.91. The van der Waals surface area contributed by atoms with Crippen molar-refractivity contribution in [2.24, 2.45) is 11.3 Å². The highest BCUT2D eigenvalue weighted by Gasteiger charge is 2.56. The number of rotatable bonds is 14. The van der Waals surface area contributed by atoms with Gasteiger partial charge in [0.2, 0.25) is 23.6 Å². The first-order valence-electron chi connectivity index (χ1n) is 23.6. The van der Waals surface area contributed by atoms with E-state index in [9.17, 15) is 28.4 Å². The molecule has 1 aromatic heterocycles. The van der Waals surface area contributed by atoms with Crippen molar-refractivity contribution >= 4 is 57.5 Å². The highest BCUT2D eigenvalue weighted by atomic mass is 19.1. The largest absolute Gasteiger partial charge is 0.495 e. The van der Waals surface area contributed by atoms with Gasteiger partial charge in [0.05, 0.1) is 18.3 Å². The number of pyridine rings is 1. The van der Waals surface area contributed by atoms with E-state index in [1.165, 1.54) is 24.3 Å². The molecule has 15 nitrogen and oxygen atoms in total. The van der Waals surface area contributed by atoms with Crippen molar-refractivity contribution in [2.75, 3.05) is 75.0 Å². The first kappa shape index (κ1) is 44.9. The third-order valence-electron chi connectivity index (χ3n) is 14.4. The van der Waals surface area contributed by atoms with Crippen molar-refractivity contribution in [1.29, 1.82) is 0 Å². The Morgan fingerprint density at radius 2 is 1.51 bits per heavy atom. The molecule has 3 saturated heterocycles. The van der Waals surface area contributed by atoms with Gasteiger partial charge in [0.1, 0.15) is 34.5 Å². The molecule has 4 fully saturated rings. The molecule has 1 atom stereocenters. The lowest BCUT2D eigenvalue weighted by atomic mass is 9.95. The lowest BCUT2D eigenvalue weighted by molar-refractivity contribution is -0.137. The summed E-state index contributed by atoms with van der Waals surface area (Å²) >= 11 is 0. The molecule has 0 radical (unpaired) electrons. The van der Waals surface area contributed by atoms with E-state index in [1.807, 2.05) is 24.3 Å². The van der Waals surface area contributed by atoms with Gasteiger partial charge in [0, 0.05) is 93.8 Å². The van der Waals surface area contributed by atoms with Crippen molar-refractivity contribution in [2.45, 2.75) is 57.5 Å². The summed E-state index contributed by atoms with van der Waals surface area (Å²) in [5, 5.41) is 8.80. The van der Waals surface area contributed by atoms with Crippen LogP contribution >= 0.6 is 0 Å². The van der Waals surface area contributed by atoms with E-state index in [2.05, 4.69) is 42.8 Å². The second kappa shape index (κ2) is 19.0. The molecule has 68 heavy (non-hydrogen) atoms. The number of piperidine rings is 2. The summed E-state index contributed by atoms with van der Waals surface area (Å²) in [5.41, 5.74) is 4.42. The summed E-state index contributed by atoms with van der Waals surface area (Å²) in [6.45, 7) is 8.25. The maximum atomic E-state index is 13.3. The number of ether oxygens (including phenoxy) is 2. The Morgan fingerprint density at radius 1 is 0.824 bits per heavy atom. The van der Waals surface area contributed by atoms with Crippen LogP contribution in [0.3, 0.4) is 0 Å². The number of methoxy groups -OCH3 is 1. The Labute approximate surface area is 393 Å². The van der Waals surface area contributed by atoms with Crippen LogP contribution in [0.2, 0.25) is 0 Å². The van der Waals surface area contributed by atoms with E-state index >= 15 is 0 Å². The molecule has 352 valence electrons. The molecule has 5 amide bonds. The first-order valence-corrected chi connectivity index (χ1v) is 23.6. The molecular formula is C52H55FN8O7. The maximum Gasteiger partial charge on any atom is 0.255 e. The molecule has 0 spiro atoms. The SMILES string of the molecule is COc1cc2c(Oc3ccc(NC(=O)C4(C(=O)Nc5ccc(F)cc5)CC4)cc3)ccnc2cc1N1CCC(CN2CCN(CCc3cccc4c3CN(C3CCC(=O)NC3=O)C4=O)CC2)CC1. The number of aromatic nitrogens is 1. The molecule has 5 aromatic rings. The number of anilines is 3. The number of hydrogen-bond donors (Lipinski definition) is 3. The van der Waals surface area contributed by atoms with E-state index in [-0.39, 0.29) is 24.1 Å². The smallest absolute Gasteiger partial charge is 0.255 e. The van der Waals surface area contributed by atoms with Crippen LogP contribution in [0.1, 0.15) is 60.0 Å². The molecular weight excluding hydrogens is 868 g/mol. The fourth-order valence-electron chi connectivity index (χ4n) is 10.2. The van der Waals surface area contributed by atoms with E-state index in [0.29, 0.717) is 60.2 Å². The Kier molecular flexibility index (Phi) is 12.5. The number of nitrogens with one attached hydrogen (secondary N) is 3. The van der Waals surface area contributed by atoms with Gasteiger partial charge in [-0.1, -0.05) is 12.1 Å². The van der Waals surface area contributed by atoms with Gasteiger partial charge in [-0.3, -0.25) is 34.3 Å². The monoisotopic (exact) mass is 922 g/mol. The zero-order valence-corrected chi connectivity index (χ0v) is 38.1. The maximum absolute atomic E-state index is 13.3. The van der Waals surface area contributed by atoms with Gasteiger partial charge in [-0.25, -0.2) is 4.39 Å². The van der Waals surface area contributed by atoms with Gasteiger partial charge in [-0.2, -0.15) is 0 Å². The number of hydrogen-bond acceptors (Lipinski definition) is 11. The Balaban J connectivity index is 0.691. The predicted molar refractivity (Wildman–Crippen MR) is 254 cm³/mol. The minimum absolute atomic E-state index is 0.129. The van der Waals surface area contributed by atoms with Gasteiger partial charge < -0.3 is 39.7 Å². The van der Waals surface area contributed by atoms with Crippen LogP contribution in [0.4, 0.5) is 21.5 Å². The van der Waals surface area contributed by atoms with Gasteiger partial charge in [-0.15, -0.1) is 0 Å². The third kappa shape index (κ3) is 9.34. The van der Waals surface area contributed by atoms with Crippen LogP contribution in [-0.4, -0.2) is 115 Å². The van der Waals surface area contributed by atoms with Crippen molar-refractivity contribution in [3.05, 3.63) is 114 Å². The summed E-state index contributed by atoms with van der Waals surface area (Å²) in [6, 6.07) is 23.6. The standard InChI is InChI=1S/C52H55FN8O7/c1-67-46-29-40-42(54-21-15-45(40)68-38-11-9-37(10-12-38)56-51(66)52(19-20-52)50(65)55-36-7-5-35(53)6-8-36)30-44(46)60-23-16-33(17-24-60)31-59-27-25-58(26-28-59)22-18-34-3-2-4-39-41(34)32-61(49(39)64)43-13-14-47(62)57-48(43)63/h2-12,15,21,29-30,33,43H,13-14,16-20,22-28,31-32H2,1H3,(H,55,65)(H,56,66)(H,57,62,63). The Bertz CT molecular complexity index is 2750. The molecule has 3 N–H and O–H groups in total. The number of carbonyl (C=O) groups excluding carboxylic acids is 5. The van der Waals surface area contributed by atoms with Crippen LogP contribution < -0.4 is 30.3 Å². The Morgan fingerprint density at radius 3 is 2.19 bits per heavy atom. The number of amides is 5. The minimum Gasteiger partial charge on any atom is -0.495 e. The van der Waals surface area contributed by atoms with Crippen molar-refractivity contribution in [3.63, 3.8) is 0 Å². The first-order chi connectivity index (χ1) is 33.0. The van der Waals surface area contributed by atoms with Gasteiger partial charge >= 0.3 is 0 Å². The molecule has 16 heteroatoms. The number of fused-ring (bicyclic) bond motifs is 2. The zero-order chi connectivity index (χ0) is 46.9. The van der Waals surface area contributed by atoms with Crippen LogP contribution in [0.25, 0.3) is 10.9 Å². The lowest BCUT2D eigenvalue weighted by Crippen LogP contribution is -2.52. The zero-order valence-electron chi connectivity index (χ0n) is 38.1. The molecule has 5 heterocycles. The molecule has 10 rings (SSSR count). The highest BCUT2D eigenvalue weighted by molar-refractivity contribution is 6.17. The summed E-state index contributed by atoms with van der Waals surface area (Å²) in [4.78, 5) is 77.7. The van der Waals surface area contributed by atoms with E-state index < -0.39 is 29.1 Å². The number of piperazine rings is 1. The molecule has 4 aliphatic heterocycles. The molecule has 1 saturated carbocycles. The number of nitrogens with zero attached hydrogens (tertiary/aromatic N) is 5. The van der Waals surface area contributed by atoms with Gasteiger partial charge in [-0.05, 0) is 128 Å². The van der Waals surface area contributed by atoms with Crippen LogP contribution in [-0.2, 0) is 32.1 Å². The minimum atomic E-state index is -1.17. The van der Waals surface area contributed by atoms with Crippen molar-refractivity contribution < 1.29 is 37.8 Å². The third-order valence-corrected chi connectivity index (χ3v) is 14.4. The lowest BCUT2D eigenvalue weighted by Gasteiger charge is -2.39. The average molecular weight is 923 g/mol. The topological polar surface area (TPSA) is 166 Å². The van der Waals surface area contributed by atoms with Crippen molar-refractivity contribution in [1.82, 2.24) is 25.0 Å². The highest BCUT2D eigenvalue weighted by Crippen LogP contribution is 2.48. The normalized spacial score (nSPS) is 19.7. The molecule has 5 aliphatic rings. The van der Waals surface area contributed by atoms with Crippen LogP contribution in [0.15, 0.2) is 91.1 Å². The van der Waals surface area contributed by atoms with E-state index in [0.717, 1.165) is 105 Å². The second-order valence-electron chi connectivity index (χ2n) is 18.6.